The van der Waals surface area contributed by atoms with E-state index in [2.05, 4.69) is 20.7 Å². The summed E-state index contributed by atoms with van der Waals surface area (Å²) < 4.78 is 68.2. The summed E-state index contributed by atoms with van der Waals surface area (Å²) in [7, 11) is -3.64. The predicted octanol–water partition coefficient (Wildman–Crippen LogP) is 3.15. The van der Waals surface area contributed by atoms with E-state index < -0.39 is 45.7 Å². The maximum Gasteiger partial charge on any atom is 0.422 e. The molecule has 5 rings (SSSR count). The van der Waals surface area contributed by atoms with E-state index in [9.17, 15) is 31.2 Å². The van der Waals surface area contributed by atoms with Gasteiger partial charge in [-0.05, 0) is 54.7 Å². The molecule has 1 spiro atoms. The maximum absolute atomic E-state index is 13.6. The van der Waals surface area contributed by atoms with E-state index in [4.69, 9.17) is 4.74 Å². The molecule has 2 amide bonds. The van der Waals surface area contributed by atoms with Crippen molar-refractivity contribution in [2.75, 3.05) is 23.4 Å². The molecule has 0 fully saturated rings. The fourth-order valence-electron chi connectivity index (χ4n) is 5.04. The van der Waals surface area contributed by atoms with Gasteiger partial charge in [-0.2, -0.15) is 18.3 Å². The Balaban J connectivity index is 1.51. The Morgan fingerprint density at radius 1 is 1.25 bits per heavy atom. The highest BCUT2D eigenvalue weighted by molar-refractivity contribution is 7.92. The summed E-state index contributed by atoms with van der Waals surface area (Å²) in [6.45, 7) is 2.05. The Hall–Kier alpha value is -3.94. The van der Waals surface area contributed by atoms with Crippen molar-refractivity contribution in [3.63, 3.8) is 0 Å². The Kier molecular flexibility index (Phi) is 6.84. The number of halogens is 3. The van der Waals surface area contributed by atoms with Gasteiger partial charge in [0, 0.05) is 11.9 Å². The molecule has 0 radical (unpaired) electrons. The fraction of sp³-hybridized carbons (Fsp3) is 0.385. The van der Waals surface area contributed by atoms with Crippen LogP contribution < -0.4 is 15.4 Å². The fourth-order valence-corrected chi connectivity index (χ4v) is 5.71. The highest BCUT2D eigenvalue weighted by Gasteiger charge is 2.46. The molecule has 212 valence electrons. The zero-order valence-electron chi connectivity index (χ0n) is 21.6. The molecular weight excluding hydrogens is 551 g/mol. The molecule has 1 aliphatic heterocycles. The van der Waals surface area contributed by atoms with Crippen LogP contribution in [-0.4, -0.2) is 59.3 Å². The van der Waals surface area contributed by atoms with E-state index in [1.165, 1.54) is 17.7 Å². The molecule has 1 atom stereocenters. The standard InChI is InChI=1S/C26H26F3N5O5S/c1-3-40(37,38)12-20(35)31-22-21(19-7-4-15(2)11-30-19)33-34-13-25(32-24(36)23(22)34)9-8-16-10-17(5-6-18(16)25)39-14-26(27,28)29/h4-7,10-11H,3,8-9,12-14H2,1-2H3,(H,31,35)(H,32,36)/t25-/m0/s1. The number of fused-ring (bicyclic) bond motifs is 3. The van der Waals surface area contributed by atoms with Gasteiger partial charge in [-0.3, -0.25) is 19.3 Å². The van der Waals surface area contributed by atoms with Gasteiger partial charge in [0.25, 0.3) is 5.91 Å². The first-order valence-electron chi connectivity index (χ1n) is 12.5. The molecule has 10 nitrogen and oxygen atoms in total. The number of carbonyl (C=O) groups is 2. The number of sulfone groups is 1. The van der Waals surface area contributed by atoms with Gasteiger partial charge in [0.15, 0.2) is 22.1 Å². The summed E-state index contributed by atoms with van der Waals surface area (Å²) in [4.78, 5) is 30.7. The topological polar surface area (TPSA) is 132 Å². The zero-order chi connectivity index (χ0) is 28.9. The first-order chi connectivity index (χ1) is 18.8. The third kappa shape index (κ3) is 5.40. The number of rotatable bonds is 7. The molecule has 0 unspecified atom stereocenters. The lowest BCUT2D eigenvalue weighted by atomic mass is 9.89. The number of ether oxygens (including phenoxy) is 1. The Bertz CT molecular complexity index is 1600. The van der Waals surface area contributed by atoms with E-state index in [-0.39, 0.29) is 35.1 Å². The first kappa shape index (κ1) is 27.6. The third-order valence-corrected chi connectivity index (χ3v) is 8.55. The van der Waals surface area contributed by atoms with Crippen LogP contribution in [0.2, 0.25) is 0 Å². The minimum atomic E-state index is -4.47. The van der Waals surface area contributed by atoms with Crippen LogP contribution in [0.15, 0.2) is 36.5 Å². The lowest BCUT2D eigenvalue weighted by Crippen LogP contribution is -2.52. The second kappa shape index (κ2) is 9.91. The smallest absolute Gasteiger partial charge is 0.422 e. The minimum Gasteiger partial charge on any atom is -0.484 e. The molecule has 0 saturated heterocycles. The second-order valence-electron chi connectivity index (χ2n) is 9.93. The summed E-state index contributed by atoms with van der Waals surface area (Å²) in [5.41, 5.74) is 2.15. The number of alkyl halides is 3. The maximum atomic E-state index is 13.6. The summed E-state index contributed by atoms with van der Waals surface area (Å²) in [5.74, 6) is -2.25. The third-order valence-electron chi connectivity index (χ3n) is 6.97. The molecule has 0 saturated carbocycles. The summed E-state index contributed by atoms with van der Waals surface area (Å²) >= 11 is 0. The van der Waals surface area contributed by atoms with Crippen molar-refractivity contribution in [1.82, 2.24) is 20.1 Å². The van der Waals surface area contributed by atoms with E-state index >= 15 is 0 Å². The van der Waals surface area contributed by atoms with Gasteiger partial charge in [-0.15, -0.1) is 0 Å². The molecule has 1 aromatic carbocycles. The van der Waals surface area contributed by atoms with Crippen molar-refractivity contribution in [3.8, 4) is 17.1 Å². The molecule has 2 aromatic heterocycles. The van der Waals surface area contributed by atoms with Gasteiger partial charge in [0.1, 0.15) is 22.9 Å². The molecule has 0 bridgehead atoms. The van der Waals surface area contributed by atoms with E-state index in [1.54, 1.807) is 30.5 Å². The summed E-state index contributed by atoms with van der Waals surface area (Å²) in [6.07, 6.45) is -1.91. The van der Waals surface area contributed by atoms with Crippen LogP contribution in [0.3, 0.4) is 0 Å². The highest BCUT2D eigenvalue weighted by Crippen LogP contribution is 2.43. The number of hydrogen-bond donors (Lipinski definition) is 2. The molecule has 14 heteroatoms. The SMILES string of the molecule is CCS(=O)(=O)CC(=O)Nc1c(-c2ccc(C)cn2)nn2c1C(=O)N[C@@]1(CCc3cc(OCC(F)(F)F)ccc31)C2. The lowest BCUT2D eigenvalue weighted by Gasteiger charge is -2.36. The highest BCUT2D eigenvalue weighted by atomic mass is 32.2. The molecular formula is C26H26F3N5O5S. The lowest BCUT2D eigenvalue weighted by molar-refractivity contribution is -0.153. The van der Waals surface area contributed by atoms with Crippen molar-refractivity contribution in [2.45, 2.75) is 44.9 Å². The molecule has 3 heterocycles. The van der Waals surface area contributed by atoms with Crippen molar-refractivity contribution < 1.29 is 35.9 Å². The molecule has 2 aliphatic rings. The molecule has 3 aromatic rings. The van der Waals surface area contributed by atoms with Crippen molar-refractivity contribution in [3.05, 3.63) is 58.9 Å². The minimum absolute atomic E-state index is 0.0452. The van der Waals surface area contributed by atoms with Crippen LogP contribution in [0, 0.1) is 6.92 Å². The average molecular weight is 578 g/mol. The number of nitrogens with zero attached hydrogens (tertiary/aromatic N) is 3. The van der Waals surface area contributed by atoms with Gasteiger partial charge in [-0.1, -0.05) is 19.1 Å². The number of hydrogen-bond acceptors (Lipinski definition) is 7. The molecule has 40 heavy (non-hydrogen) atoms. The van der Waals surface area contributed by atoms with Gasteiger partial charge in [0.2, 0.25) is 5.91 Å². The first-order valence-corrected chi connectivity index (χ1v) is 14.3. The van der Waals surface area contributed by atoms with E-state index in [0.717, 1.165) is 16.7 Å². The molecule has 2 N–H and O–H groups in total. The Morgan fingerprint density at radius 3 is 2.70 bits per heavy atom. The van der Waals surface area contributed by atoms with Crippen LogP contribution >= 0.6 is 0 Å². The van der Waals surface area contributed by atoms with Crippen LogP contribution in [0.4, 0.5) is 18.9 Å². The number of pyridine rings is 1. The van der Waals surface area contributed by atoms with Crippen molar-refractivity contribution in [2.24, 2.45) is 0 Å². The van der Waals surface area contributed by atoms with Crippen LogP contribution in [0.1, 0.15) is 40.5 Å². The number of amides is 2. The number of benzene rings is 1. The average Bonchev–Trinajstić information content (AvgIpc) is 3.40. The van der Waals surface area contributed by atoms with E-state index in [0.29, 0.717) is 18.5 Å². The zero-order valence-corrected chi connectivity index (χ0v) is 22.4. The second-order valence-corrected chi connectivity index (χ2v) is 12.3. The Morgan fingerprint density at radius 2 is 2.02 bits per heavy atom. The predicted molar refractivity (Wildman–Crippen MR) is 139 cm³/mol. The van der Waals surface area contributed by atoms with E-state index in [1.807, 2.05) is 6.92 Å². The van der Waals surface area contributed by atoms with Crippen molar-refractivity contribution >= 4 is 27.3 Å². The van der Waals surface area contributed by atoms with Gasteiger partial charge in [-0.25, -0.2) is 8.42 Å². The van der Waals surface area contributed by atoms with Gasteiger partial charge < -0.3 is 15.4 Å². The largest absolute Gasteiger partial charge is 0.484 e. The quantitative estimate of drug-likeness (QED) is 0.441. The number of aryl methyl sites for hydroxylation is 2. The Labute approximate surface area is 227 Å². The normalized spacial score (nSPS) is 18.3. The number of aromatic nitrogens is 3. The van der Waals surface area contributed by atoms with Crippen LogP contribution in [-0.2, 0) is 33.1 Å². The number of carbonyl (C=O) groups excluding carboxylic acids is 2. The monoisotopic (exact) mass is 577 g/mol. The number of nitrogens with one attached hydrogen (secondary N) is 2. The summed E-state index contributed by atoms with van der Waals surface area (Å²) in [6, 6.07) is 8.10. The van der Waals surface area contributed by atoms with Gasteiger partial charge >= 0.3 is 6.18 Å². The summed E-state index contributed by atoms with van der Waals surface area (Å²) in [5, 5.41) is 10.2. The van der Waals surface area contributed by atoms with Gasteiger partial charge in [0.05, 0.1) is 17.8 Å². The van der Waals surface area contributed by atoms with Crippen LogP contribution in [0.5, 0.6) is 5.75 Å². The molecule has 1 aliphatic carbocycles. The van der Waals surface area contributed by atoms with Crippen molar-refractivity contribution in [1.29, 1.82) is 0 Å². The number of anilines is 1. The van der Waals surface area contributed by atoms with Crippen LogP contribution in [0.25, 0.3) is 11.4 Å².